The number of aryl methyl sites for hydroxylation is 1. The quantitative estimate of drug-likeness (QED) is 0.158. The Kier molecular flexibility index (Phi) is 7.47. The molecule has 1 aromatic heterocycles. The monoisotopic (exact) mass is 544 g/mol. The molecule has 0 spiro atoms. The second-order valence-corrected chi connectivity index (χ2v) is 11.5. The van der Waals surface area contributed by atoms with Gasteiger partial charge in [-0.15, -0.1) is 4.40 Å². The first-order chi connectivity index (χ1) is 16.6. The van der Waals surface area contributed by atoms with Crippen molar-refractivity contribution in [3.05, 3.63) is 108 Å². The Balaban J connectivity index is 1.92. The highest BCUT2D eigenvalue weighted by atomic mass is 35.6. The number of nitrogens with zero attached hydrogens (tertiary/aromatic N) is 2. The first-order valence-electron chi connectivity index (χ1n) is 10.4. The van der Waals surface area contributed by atoms with Gasteiger partial charge in [-0.25, -0.2) is 4.99 Å². The largest absolute Gasteiger partial charge is 0.456 e. The van der Waals surface area contributed by atoms with Gasteiger partial charge in [-0.3, -0.25) is 0 Å². The van der Waals surface area contributed by atoms with Crippen molar-refractivity contribution in [3.63, 3.8) is 0 Å². The highest BCUT2D eigenvalue weighted by molar-refractivity contribution is 7.90. The lowest BCUT2D eigenvalue weighted by Crippen LogP contribution is -2.22. The van der Waals surface area contributed by atoms with E-state index in [1.807, 2.05) is 67.6 Å². The number of rotatable bonds is 4. The van der Waals surface area contributed by atoms with Gasteiger partial charge in [0, 0.05) is 23.3 Å². The standard InChI is InChI=1S/C26H19Cl3N2O3S/c1-18-12-14-22(15-13-18)35(32,33)31-25(26(27,28)29)30-21-16-23(19-8-4-2-5-9-19)34-24(17-21)20-10-6-3-7-11-20/h2-17H,1H3/b31-25-. The molecule has 0 saturated carbocycles. The number of hydrogen-bond acceptors (Lipinski definition) is 3. The molecule has 0 bridgehead atoms. The molecule has 0 N–H and O–H groups in total. The molecule has 9 heteroatoms. The van der Waals surface area contributed by atoms with Crippen LogP contribution in [0.3, 0.4) is 0 Å². The minimum absolute atomic E-state index is 0.0388. The first kappa shape index (κ1) is 25.2. The number of alkyl halides is 3. The van der Waals surface area contributed by atoms with Crippen LogP contribution < -0.4 is 5.36 Å². The van der Waals surface area contributed by atoms with Crippen LogP contribution in [0, 0.1) is 6.92 Å². The van der Waals surface area contributed by atoms with Crippen molar-refractivity contribution in [3.8, 4) is 22.6 Å². The van der Waals surface area contributed by atoms with Gasteiger partial charge in [0.15, 0.2) is 5.84 Å². The summed E-state index contributed by atoms with van der Waals surface area (Å²) in [5, 5.41) is 0.304. The number of amidine groups is 1. The van der Waals surface area contributed by atoms with E-state index in [0.717, 1.165) is 16.7 Å². The minimum Gasteiger partial charge on any atom is -0.456 e. The van der Waals surface area contributed by atoms with E-state index in [1.165, 1.54) is 12.1 Å². The van der Waals surface area contributed by atoms with Crippen molar-refractivity contribution in [1.29, 1.82) is 0 Å². The Morgan fingerprint density at radius 2 is 1.26 bits per heavy atom. The Bertz CT molecular complexity index is 1470. The van der Waals surface area contributed by atoms with Crippen molar-refractivity contribution < 1.29 is 12.8 Å². The second kappa shape index (κ2) is 10.4. The Morgan fingerprint density at radius 1 is 0.771 bits per heavy atom. The smallest absolute Gasteiger partial charge is 0.284 e. The maximum absolute atomic E-state index is 12.9. The number of halogens is 3. The summed E-state index contributed by atoms with van der Waals surface area (Å²) in [6.45, 7) is 1.84. The summed E-state index contributed by atoms with van der Waals surface area (Å²) < 4.78 is 33.5. The molecule has 0 aliphatic carbocycles. The van der Waals surface area contributed by atoms with Gasteiger partial charge in [0.25, 0.3) is 13.8 Å². The zero-order chi connectivity index (χ0) is 25.1. The average molecular weight is 546 g/mol. The van der Waals surface area contributed by atoms with Gasteiger partial charge in [-0.05, 0) is 19.1 Å². The second-order valence-electron chi connectivity index (χ2n) is 7.59. The summed E-state index contributed by atoms with van der Waals surface area (Å²) >= 11 is 18.3. The van der Waals surface area contributed by atoms with Crippen LogP contribution in [0.1, 0.15) is 5.56 Å². The maximum atomic E-state index is 12.9. The summed E-state index contributed by atoms with van der Waals surface area (Å²) in [6, 6.07) is 28.2. The molecule has 3 aromatic carbocycles. The predicted molar refractivity (Wildman–Crippen MR) is 141 cm³/mol. The zero-order valence-corrected chi connectivity index (χ0v) is 21.5. The third kappa shape index (κ3) is 6.41. The Hall–Kier alpha value is -2.90. The van der Waals surface area contributed by atoms with Crippen LogP contribution in [0.5, 0.6) is 0 Å². The zero-order valence-electron chi connectivity index (χ0n) is 18.4. The molecule has 0 radical (unpaired) electrons. The molecular weight excluding hydrogens is 527 g/mol. The first-order valence-corrected chi connectivity index (χ1v) is 13.0. The fourth-order valence-corrected chi connectivity index (χ4v) is 4.57. The van der Waals surface area contributed by atoms with Crippen molar-refractivity contribution in [2.45, 2.75) is 15.6 Å². The SMILES string of the molecule is Cc1ccc(S(=O)(=O)/N=C(\N=c2cc(-c3ccccc3)oc(-c3ccccc3)c2)C(Cl)(Cl)Cl)cc1. The van der Waals surface area contributed by atoms with Crippen LogP contribution in [0.4, 0.5) is 0 Å². The fraction of sp³-hybridized carbons (Fsp3) is 0.0769. The highest BCUT2D eigenvalue weighted by Crippen LogP contribution is 2.30. The van der Waals surface area contributed by atoms with Crippen LogP contribution >= 0.6 is 34.8 Å². The lowest BCUT2D eigenvalue weighted by Gasteiger charge is -2.11. The van der Waals surface area contributed by atoms with E-state index in [0.29, 0.717) is 16.9 Å². The third-order valence-corrected chi connectivity index (χ3v) is 6.70. The van der Waals surface area contributed by atoms with Crippen molar-refractivity contribution in [1.82, 2.24) is 0 Å². The molecule has 0 amide bonds. The summed E-state index contributed by atoms with van der Waals surface area (Å²) in [5.41, 5.74) is 2.48. The van der Waals surface area contributed by atoms with Crippen molar-refractivity contribution in [2.24, 2.45) is 9.39 Å². The highest BCUT2D eigenvalue weighted by Gasteiger charge is 2.31. The molecule has 35 heavy (non-hydrogen) atoms. The normalized spacial score (nSPS) is 12.4. The molecule has 0 atom stereocenters. The number of sulfonamides is 1. The van der Waals surface area contributed by atoms with E-state index in [9.17, 15) is 8.42 Å². The van der Waals surface area contributed by atoms with Gasteiger partial charge in [0.1, 0.15) is 11.5 Å². The van der Waals surface area contributed by atoms with Crippen LogP contribution in [0.2, 0.25) is 0 Å². The van der Waals surface area contributed by atoms with Crippen LogP contribution in [-0.4, -0.2) is 18.0 Å². The molecule has 0 saturated heterocycles. The molecule has 178 valence electrons. The van der Waals surface area contributed by atoms with Gasteiger partial charge in [0.2, 0.25) is 0 Å². The van der Waals surface area contributed by atoms with E-state index in [2.05, 4.69) is 9.39 Å². The third-order valence-electron chi connectivity index (χ3n) is 4.91. The predicted octanol–water partition coefficient (Wildman–Crippen LogP) is 6.98. The van der Waals surface area contributed by atoms with E-state index < -0.39 is 19.7 Å². The van der Waals surface area contributed by atoms with Crippen molar-refractivity contribution in [2.75, 3.05) is 0 Å². The summed E-state index contributed by atoms with van der Waals surface area (Å²) in [4.78, 5) is 4.31. The van der Waals surface area contributed by atoms with Gasteiger partial charge in [0.05, 0.1) is 10.3 Å². The van der Waals surface area contributed by atoms with Crippen LogP contribution in [0.25, 0.3) is 22.6 Å². The van der Waals surface area contributed by atoms with Gasteiger partial charge in [-0.1, -0.05) is 113 Å². The van der Waals surface area contributed by atoms with Gasteiger partial charge < -0.3 is 4.42 Å². The summed E-state index contributed by atoms with van der Waals surface area (Å²) in [5.74, 6) is 0.499. The Morgan fingerprint density at radius 3 is 1.71 bits per heavy atom. The molecule has 4 aromatic rings. The molecule has 4 rings (SSSR count). The topological polar surface area (TPSA) is 72.0 Å². The fourth-order valence-electron chi connectivity index (χ4n) is 3.18. The molecule has 1 heterocycles. The number of benzene rings is 3. The van der Waals surface area contributed by atoms with Crippen LogP contribution in [-0.2, 0) is 10.0 Å². The molecule has 0 aliphatic heterocycles. The van der Waals surface area contributed by atoms with Crippen molar-refractivity contribution >= 4 is 50.7 Å². The molecule has 0 unspecified atom stereocenters. The maximum Gasteiger partial charge on any atom is 0.284 e. The lowest BCUT2D eigenvalue weighted by atomic mass is 10.1. The summed E-state index contributed by atoms with van der Waals surface area (Å²) in [6.07, 6.45) is 0. The summed E-state index contributed by atoms with van der Waals surface area (Å²) in [7, 11) is -4.19. The Labute approximate surface area is 218 Å². The van der Waals surface area contributed by atoms with E-state index in [-0.39, 0.29) is 4.90 Å². The van der Waals surface area contributed by atoms with E-state index in [1.54, 1.807) is 24.3 Å². The van der Waals surface area contributed by atoms with E-state index in [4.69, 9.17) is 39.2 Å². The molecular formula is C26H19Cl3N2O3S. The molecule has 0 aliphatic rings. The lowest BCUT2D eigenvalue weighted by molar-refractivity contribution is 0.579. The van der Waals surface area contributed by atoms with E-state index >= 15 is 0 Å². The molecule has 0 fully saturated rings. The molecule has 5 nitrogen and oxygen atoms in total. The van der Waals surface area contributed by atoms with Gasteiger partial charge in [-0.2, -0.15) is 8.42 Å². The average Bonchev–Trinajstić information content (AvgIpc) is 2.84. The number of hydrogen-bond donors (Lipinski definition) is 0. The van der Waals surface area contributed by atoms with Gasteiger partial charge >= 0.3 is 0 Å². The minimum atomic E-state index is -4.19. The van der Waals surface area contributed by atoms with Crippen LogP contribution in [0.15, 0.2) is 116 Å².